The Hall–Kier alpha value is -4.16. The highest BCUT2D eigenvalue weighted by Gasteiger charge is 2.29. The summed E-state index contributed by atoms with van der Waals surface area (Å²) in [5, 5.41) is 38.4. The molecule has 0 aliphatic heterocycles. The Morgan fingerprint density at radius 1 is 1.13 bits per heavy atom. The summed E-state index contributed by atoms with van der Waals surface area (Å²) in [6, 6.07) is 12.3. The first-order valence-corrected chi connectivity index (χ1v) is 8.85. The van der Waals surface area contributed by atoms with E-state index in [1.165, 1.54) is 6.07 Å². The molecule has 0 saturated carbocycles. The molecule has 0 bridgehead atoms. The molecule has 0 spiro atoms. The fourth-order valence-corrected chi connectivity index (χ4v) is 2.91. The SMILES string of the molecule is N#CN(C(=O)c1ncc(O)c2ccc(Oc3ccccc3)cc12)[C@@H](CO)CC(=O)O. The van der Waals surface area contributed by atoms with Gasteiger partial charge in [0.2, 0.25) is 0 Å². The van der Waals surface area contributed by atoms with E-state index in [1.807, 2.05) is 6.07 Å². The highest BCUT2D eigenvalue weighted by atomic mass is 16.5. The topological polar surface area (TPSA) is 144 Å². The minimum absolute atomic E-state index is 0.180. The van der Waals surface area contributed by atoms with Gasteiger partial charge in [-0.05, 0) is 30.3 Å². The van der Waals surface area contributed by atoms with Gasteiger partial charge in [-0.25, -0.2) is 9.88 Å². The number of hydrogen-bond donors (Lipinski definition) is 3. The molecule has 0 unspecified atom stereocenters. The Kier molecular flexibility index (Phi) is 6.10. The number of ether oxygens (including phenoxy) is 1. The number of carbonyl (C=O) groups excluding carboxylic acids is 1. The molecule has 30 heavy (non-hydrogen) atoms. The van der Waals surface area contributed by atoms with E-state index in [1.54, 1.807) is 42.6 Å². The number of aliphatic hydroxyl groups excluding tert-OH is 1. The number of aromatic nitrogens is 1. The first-order valence-electron chi connectivity index (χ1n) is 8.85. The molecule has 152 valence electrons. The predicted molar refractivity (Wildman–Crippen MR) is 105 cm³/mol. The summed E-state index contributed by atoms with van der Waals surface area (Å²) < 4.78 is 5.75. The van der Waals surface area contributed by atoms with Crippen LogP contribution in [0.2, 0.25) is 0 Å². The first-order chi connectivity index (χ1) is 14.4. The van der Waals surface area contributed by atoms with Crippen LogP contribution in [0, 0.1) is 11.5 Å². The van der Waals surface area contributed by atoms with Crippen LogP contribution < -0.4 is 4.74 Å². The summed E-state index contributed by atoms with van der Waals surface area (Å²) in [6.45, 7) is -0.718. The minimum Gasteiger partial charge on any atom is -0.506 e. The first kappa shape index (κ1) is 20.6. The molecule has 1 aromatic heterocycles. The van der Waals surface area contributed by atoms with Crippen molar-refractivity contribution in [3.63, 3.8) is 0 Å². The number of amides is 1. The van der Waals surface area contributed by atoms with Crippen LogP contribution in [-0.4, -0.2) is 49.7 Å². The number of rotatable bonds is 7. The summed E-state index contributed by atoms with van der Waals surface area (Å²) in [5.41, 5.74) is -0.188. The molecule has 1 amide bonds. The second-order valence-electron chi connectivity index (χ2n) is 6.32. The largest absolute Gasteiger partial charge is 0.506 e. The Bertz CT molecular complexity index is 1130. The average Bonchev–Trinajstić information content (AvgIpc) is 2.74. The van der Waals surface area contributed by atoms with E-state index in [9.17, 15) is 25.1 Å². The number of aromatic hydroxyl groups is 1. The van der Waals surface area contributed by atoms with Crippen molar-refractivity contribution in [1.82, 2.24) is 9.88 Å². The molecule has 0 fully saturated rings. The number of nitriles is 1. The molecule has 3 N–H and O–H groups in total. The van der Waals surface area contributed by atoms with Gasteiger partial charge in [-0.3, -0.25) is 9.59 Å². The zero-order valence-electron chi connectivity index (χ0n) is 15.6. The number of nitrogens with zero attached hydrogens (tertiary/aromatic N) is 3. The lowest BCUT2D eigenvalue weighted by Gasteiger charge is -2.22. The van der Waals surface area contributed by atoms with Crippen LogP contribution in [-0.2, 0) is 4.79 Å². The van der Waals surface area contributed by atoms with Crippen molar-refractivity contribution in [2.24, 2.45) is 0 Å². The summed E-state index contributed by atoms with van der Waals surface area (Å²) in [6.07, 6.45) is 2.06. The zero-order valence-corrected chi connectivity index (χ0v) is 15.6. The lowest BCUT2D eigenvalue weighted by molar-refractivity contribution is -0.138. The van der Waals surface area contributed by atoms with Crippen molar-refractivity contribution in [3.8, 4) is 23.4 Å². The van der Waals surface area contributed by atoms with Gasteiger partial charge in [0.1, 0.15) is 22.9 Å². The molecular weight excluding hydrogens is 390 g/mol. The quantitative estimate of drug-likeness (QED) is 0.400. The fourth-order valence-electron chi connectivity index (χ4n) is 2.91. The Morgan fingerprint density at radius 2 is 1.87 bits per heavy atom. The number of benzene rings is 2. The van der Waals surface area contributed by atoms with E-state index in [0.717, 1.165) is 6.20 Å². The molecule has 3 rings (SSSR count). The normalized spacial score (nSPS) is 11.5. The molecule has 0 aliphatic rings. The van der Waals surface area contributed by atoms with Crippen molar-refractivity contribution in [2.75, 3.05) is 6.61 Å². The Labute approximate surface area is 171 Å². The maximum atomic E-state index is 13.0. The highest BCUT2D eigenvalue weighted by molar-refractivity contribution is 6.07. The van der Waals surface area contributed by atoms with E-state index in [4.69, 9.17) is 9.84 Å². The number of aliphatic hydroxyl groups is 1. The standard InChI is InChI=1S/C21H17N3O6/c22-12-24(13(11-25)8-19(27)28)21(29)20-17-9-15(30-14-4-2-1-3-5-14)6-7-16(17)18(26)10-23-20/h1-7,9-10,13,25-26H,8,11H2,(H,27,28)/t13-/m1/s1. The van der Waals surface area contributed by atoms with Gasteiger partial charge in [-0.2, -0.15) is 5.26 Å². The van der Waals surface area contributed by atoms with Gasteiger partial charge >= 0.3 is 5.97 Å². The number of aliphatic carboxylic acids is 1. The van der Waals surface area contributed by atoms with E-state index in [-0.39, 0.29) is 16.8 Å². The molecule has 9 nitrogen and oxygen atoms in total. The smallest absolute Gasteiger partial charge is 0.305 e. The maximum Gasteiger partial charge on any atom is 0.305 e. The average molecular weight is 407 g/mol. The van der Waals surface area contributed by atoms with Gasteiger partial charge in [0.05, 0.1) is 25.3 Å². The Morgan fingerprint density at radius 3 is 2.50 bits per heavy atom. The molecule has 1 atom stereocenters. The second kappa shape index (κ2) is 8.89. The van der Waals surface area contributed by atoms with Crippen LogP contribution in [0.15, 0.2) is 54.7 Å². The summed E-state index contributed by atoms with van der Waals surface area (Å²) >= 11 is 0. The van der Waals surface area contributed by atoms with Gasteiger partial charge in [0.15, 0.2) is 6.19 Å². The number of hydrogen-bond acceptors (Lipinski definition) is 7. The number of pyridine rings is 1. The predicted octanol–water partition coefficient (Wildman–Crippen LogP) is 2.49. The third-order valence-electron chi connectivity index (χ3n) is 4.33. The Balaban J connectivity index is 2.04. The molecule has 2 aromatic carbocycles. The van der Waals surface area contributed by atoms with E-state index >= 15 is 0 Å². The molecule has 9 heteroatoms. The van der Waals surface area contributed by atoms with Gasteiger partial charge in [0, 0.05) is 10.8 Å². The van der Waals surface area contributed by atoms with Crippen molar-refractivity contribution in [3.05, 3.63) is 60.4 Å². The van der Waals surface area contributed by atoms with Crippen molar-refractivity contribution in [2.45, 2.75) is 12.5 Å². The van der Waals surface area contributed by atoms with E-state index in [2.05, 4.69) is 4.98 Å². The molecular formula is C21H17N3O6. The lowest BCUT2D eigenvalue weighted by Crippen LogP contribution is -2.40. The highest BCUT2D eigenvalue weighted by Crippen LogP contribution is 2.32. The third-order valence-corrected chi connectivity index (χ3v) is 4.33. The second-order valence-corrected chi connectivity index (χ2v) is 6.32. The number of carbonyl (C=O) groups is 2. The molecule has 3 aromatic rings. The molecule has 1 heterocycles. The number of fused-ring (bicyclic) bond motifs is 1. The van der Waals surface area contributed by atoms with Crippen LogP contribution in [0.1, 0.15) is 16.9 Å². The van der Waals surface area contributed by atoms with Gasteiger partial charge in [-0.15, -0.1) is 0 Å². The molecule has 0 saturated heterocycles. The van der Waals surface area contributed by atoms with Crippen molar-refractivity contribution >= 4 is 22.6 Å². The number of carboxylic acids is 1. The summed E-state index contributed by atoms with van der Waals surface area (Å²) in [4.78, 5) is 28.5. The summed E-state index contributed by atoms with van der Waals surface area (Å²) in [7, 11) is 0. The van der Waals surface area contributed by atoms with E-state index < -0.39 is 30.9 Å². The fraction of sp³-hybridized carbons (Fsp3) is 0.143. The van der Waals surface area contributed by atoms with Crippen LogP contribution in [0.5, 0.6) is 17.2 Å². The van der Waals surface area contributed by atoms with Crippen LogP contribution in [0.3, 0.4) is 0 Å². The number of para-hydroxylation sites is 1. The number of carboxylic acid groups (broad SMARTS) is 1. The lowest BCUT2D eigenvalue weighted by atomic mass is 10.1. The van der Waals surface area contributed by atoms with Crippen LogP contribution in [0.4, 0.5) is 0 Å². The van der Waals surface area contributed by atoms with Gasteiger partial charge in [0.25, 0.3) is 5.91 Å². The van der Waals surface area contributed by atoms with Crippen molar-refractivity contribution < 1.29 is 29.6 Å². The van der Waals surface area contributed by atoms with Crippen molar-refractivity contribution in [1.29, 1.82) is 5.26 Å². The van der Waals surface area contributed by atoms with Crippen LogP contribution in [0.25, 0.3) is 10.8 Å². The zero-order chi connectivity index (χ0) is 21.7. The van der Waals surface area contributed by atoms with E-state index in [0.29, 0.717) is 21.8 Å². The third kappa shape index (κ3) is 4.29. The van der Waals surface area contributed by atoms with Crippen LogP contribution >= 0.6 is 0 Å². The van der Waals surface area contributed by atoms with Gasteiger partial charge < -0.3 is 20.1 Å². The summed E-state index contributed by atoms with van der Waals surface area (Å²) in [5.74, 6) is -1.44. The maximum absolute atomic E-state index is 13.0. The molecule has 0 radical (unpaired) electrons. The molecule has 0 aliphatic carbocycles. The minimum atomic E-state index is -1.27. The monoisotopic (exact) mass is 407 g/mol. The van der Waals surface area contributed by atoms with Gasteiger partial charge in [-0.1, -0.05) is 18.2 Å².